The minimum atomic E-state index is -0.494. The highest BCUT2D eigenvalue weighted by atomic mass is 19.1. The number of amides is 1. The van der Waals surface area contributed by atoms with Crippen LogP contribution < -0.4 is 14.8 Å². The van der Waals surface area contributed by atoms with Gasteiger partial charge in [0.05, 0.1) is 31.1 Å². The molecule has 0 saturated heterocycles. The molecule has 6 nitrogen and oxygen atoms in total. The van der Waals surface area contributed by atoms with Gasteiger partial charge in [0.1, 0.15) is 5.75 Å². The first-order chi connectivity index (χ1) is 14.9. The first kappa shape index (κ1) is 22.2. The summed E-state index contributed by atoms with van der Waals surface area (Å²) < 4.78 is 24.7. The van der Waals surface area contributed by atoms with Gasteiger partial charge in [-0.1, -0.05) is 12.1 Å². The predicted octanol–water partition coefficient (Wildman–Crippen LogP) is 4.11. The van der Waals surface area contributed by atoms with Crippen LogP contribution in [-0.4, -0.2) is 29.2 Å². The molecule has 2 N–H and O–H groups in total. The average molecular weight is 424 g/mol. The number of ether oxygens (including phenoxy) is 2. The third-order valence-corrected chi connectivity index (χ3v) is 4.59. The highest BCUT2D eigenvalue weighted by Crippen LogP contribution is 2.28. The Morgan fingerprint density at radius 2 is 1.94 bits per heavy atom. The van der Waals surface area contributed by atoms with Crippen LogP contribution in [0.4, 0.5) is 4.39 Å². The lowest BCUT2D eigenvalue weighted by Crippen LogP contribution is -2.24. The molecule has 0 saturated carbocycles. The minimum absolute atomic E-state index is 0.129. The Labute approximate surface area is 180 Å². The molecule has 7 heteroatoms. The quantitative estimate of drug-likeness (QED) is 0.569. The molecule has 0 unspecified atom stereocenters. The minimum Gasteiger partial charge on any atom is -0.494 e. The normalized spacial score (nSPS) is 10.8. The van der Waals surface area contributed by atoms with Gasteiger partial charge in [-0.2, -0.15) is 0 Å². The molecule has 0 atom stereocenters. The van der Waals surface area contributed by atoms with Crippen molar-refractivity contribution in [3.63, 3.8) is 0 Å². The van der Waals surface area contributed by atoms with Crippen molar-refractivity contribution in [2.45, 2.75) is 33.1 Å². The summed E-state index contributed by atoms with van der Waals surface area (Å²) in [6, 6.07) is 13.2. The van der Waals surface area contributed by atoms with Gasteiger partial charge >= 0.3 is 0 Å². The van der Waals surface area contributed by atoms with Crippen molar-refractivity contribution < 1.29 is 23.8 Å². The van der Waals surface area contributed by atoms with E-state index >= 15 is 0 Å². The second-order valence-electron chi connectivity index (χ2n) is 7.20. The molecular weight excluding hydrogens is 399 g/mol. The van der Waals surface area contributed by atoms with Crippen LogP contribution in [0.5, 0.6) is 11.5 Å². The van der Waals surface area contributed by atoms with E-state index in [4.69, 9.17) is 9.47 Å². The Morgan fingerprint density at radius 1 is 1.16 bits per heavy atom. The molecule has 1 aromatic heterocycles. The Kier molecular flexibility index (Phi) is 7.20. The van der Waals surface area contributed by atoms with Gasteiger partial charge < -0.3 is 19.9 Å². The van der Waals surface area contributed by atoms with E-state index in [0.717, 1.165) is 0 Å². The first-order valence-corrected chi connectivity index (χ1v) is 9.89. The molecule has 3 rings (SSSR count). The molecule has 0 aliphatic heterocycles. The van der Waals surface area contributed by atoms with Gasteiger partial charge in [0.2, 0.25) is 0 Å². The Balaban J connectivity index is 1.89. The van der Waals surface area contributed by atoms with Crippen LogP contribution in [0.1, 0.15) is 35.3 Å². The first-order valence-electron chi connectivity index (χ1n) is 9.89. The van der Waals surface area contributed by atoms with E-state index in [0.29, 0.717) is 33.7 Å². The van der Waals surface area contributed by atoms with Crippen molar-refractivity contribution >= 4 is 5.91 Å². The number of benzene rings is 2. The summed E-state index contributed by atoms with van der Waals surface area (Å²) in [4.78, 5) is 17.3. The smallest absolute Gasteiger partial charge is 0.255 e. The maximum Gasteiger partial charge on any atom is 0.255 e. The van der Waals surface area contributed by atoms with E-state index in [1.165, 1.54) is 19.2 Å². The number of carbonyl (C=O) groups excluding carboxylic acids is 1. The van der Waals surface area contributed by atoms with Crippen molar-refractivity contribution in [3.8, 4) is 22.8 Å². The number of aliphatic hydroxyl groups excluding tert-OH is 1. The second kappa shape index (κ2) is 10.0. The summed E-state index contributed by atoms with van der Waals surface area (Å²) in [6.07, 6.45) is 1.50. The fourth-order valence-electron chi connectivity index (χ4n) is 3.13. The van der Waals surface area contributed by atoms with E-state index in [9.17, 15) is 14.3 Å². The number of aliphatic hydroxyl groups is 1. The largest absolute Gasteiger partial charge is 0.494 e. The van der Waals surface area contributed by atoms with E-state index in [1.54, 1.807) is 42.6 Å². The van der Waals surface area contributed by atoms with Crippen LogP contribution in [-0.2, 0) is 13.2 Å². The third kappa shape index (κ3) is 5.38. The lowest BCUT2D eigenvalue weighted by Gasteiger charge is -2.16. The van der Waals surface area contributed by atoms with Crippen LogP contribution in [0.2, 0.25) is 0 Å². The van der Waals surface area contributed by atoms with Gasteiger partial charge in [0.15, 0.2) is 11.6 Å². The molecule has 162 valence electrons. The lowest BCUT2D eigenvalue weighted by atomic mass is 10.0. The van der Waals surface area contributed by atoms with E-state index in [-0.39, 0.29) is 30.9 Å². The maximum absolute atomic E-state index is 13.9. The number of carbonyl (C=O) groups is 1. The Hall–Kier alpha value is -3.45. The van der Waals surface area contributed by atoms with Gasteiger partial charge in [0, 0.05) is 23.9 Å². The molecule has 0 spiro atoms. The van der Waals surface area contributed by atoms with E-state index < -0.39 is 5.82 Å². The number of hydrogen-bond donors (Lipinski definition) is 2. The molecule has 1 amide bonds. The number of nitrogens with one attached hydrogen (secondary N) is 1. The van der Waals surface area contributed by atoms with Gasteiger partial charge in [-0.25, -0.2) is 4.39 Å². The fourth-order valence-corrected chi connectivity index (χ4v) is 3.13. The zero-order chi connectivity index (χ0) is 22.4. The number of pyridine rings is 1. The highest BCUT2D eigenvalue weighted by Gasteiger charge is 2.17. The van der Waals surface area contributed by atoms with E-state index in [1.807, 2.05) is 13.8 Å². The molecule has 31 heavy (non-hydrogen) atoms. The fraction of sp³-hybridized carbons (Fsp3) is 0.250. The summed E-state index contributed by atoms with van der Waals surface area (Å²) in [6.45, 7) is 3.71. The number of halogens is 1. The summed E-state index contributed by atoms with van der Waals surface area (Å²) >= 11 is 0. The number of methoxy groups -OCH3 is 1. The summed E-state index contributed by atoms with van der Waals surface area (Å²) in [7, 11) is 1.40. The van der Waals surface area contributed by atoms with Gasteiger partial charge in [-0.3, -0.25) is 9.78 Å². The van der Waals surface area contributed by atoms with Crippen LogP contribution in [0.15, 0.2) is 54.7 Å². The number of rotatable bonds is 8. The average Bonchev–Trinajstić information content (AvgIpc) is 2.77. The van der Waals surface area contributed by atoms with Crippen molar-refractivity contribution in [1.82, 2.24) is 10.3 Å². The number of nitrogens with zero attached hydrogens (tertiary/aromatic N) is 1. The maximum atomic E-state index is 13.9. The molecule has 3 aromatic rings. The van der Waals surface area contributed by atoms with Crippen molar-refractivity contribution in [2.75, 3.05) is 7.11 Å². The SMILES string of the molecule is COc1ccc(CNC(=O)c2cc(-c3ncccc3CO)ccc2OC(C)C)cc1F. The van der Waals surface area contributed by atoms with Crippen molar-refractivity contribution in [3.05, 3.63) is 77.2 Å². The van der Waals surface area contributed by atoms with Crippen molar-refractivity contribution in [1.29, 1.82) is 0 Å². The molecule has 0 aliphatic carbocycles. The van der Waals surface area contributed by atoms with Gasteiger partial charge in [-0.05, 0) is 55.8 Å². The molecule has 0 bridgehead atoms. The van der Waals surface area contributed by atoms with Crippen LogP contribution in [0.25, 0.3) is 11.3 Å². The van der Waals surface area contributed by atoms with Crippen LogP contribution in [0, 0.1) is 5.82 Å². The van der Waals surface area contributed by atoms with E-state index in [2.05, 4.69) is 10.3 Å². The Morgan fingerprint density at radius 3 is 2.61 bits per heavy atom. The predicted molar refractivity (Wildman–Crippen MR) is 115 cm³/mol. The number of aromatic nitrogens is 1. The zero-order valence-corrected chi connectivity index (χ0v) is 17.7. The molecular formula is C24H25FN2O4. The topological polar surface area (TPSA) is 80.7 Å². The molecule has 0 radical (unpaired) electrons. The molecule has 0 fully saturated rings. The molecule has 0 aliphatic rings. The van der Waals surface area contributed by atoms with Crippen molar-refractivity contribution in [2.24, 2.45) is 0 Å². The molecule has 1 heterocycles. The van der Waals surface area contributed by atoms with Gasteiger partial charge in [0.25, 0.3) is 5.91 Å². The number of hydrogen-bond acceptors (Lipinski definition) is 5. The van der Waals surface area contributed by atoms with Crippen LogP contribution >= 0.6 is 0 Å². The summed E-state index contributed by atoms with van der Waals surface area (Å²) in [5.74, 6) is -0.286. The second-order valence-corrected chi connectivity index (χ2v) is 7.20. The summed E-state index contributed by atoms with van der Waals surface area (Å²) in [5, 5.41) is 12.4. The highest BCUT2D eigenvalue weighted by molar-refractivity contribution is 5.98. The standard InChI is InChI=1S/C24H25FN2O4/c1-15(2)31-21-9-7-17(23-18(14-28)5-4-10-26-23)12-19(21)24(29)27-13-16-6-8-22(30-3)20(25)11-16/h4-12,15,28H,13-14H2,1-3H3,(H,27,29). The summed E-state index contributed by atoms with van der Waals surface area (Å²) in [5.41, 5.74) is 2.85. The monoisotopic (exact) mass is 424 g/mol. The van der Waals surface area contributed by atoms with Crippen LogP contribution in [0.3, 0.4) is 0 Å². The Bertz CT molecular complexity index is 1070. The molecule has 2 aromatic carbocycles. The zero-order valence-electron chi connectivity index (χ0n) is 17.7. The third-order valence-electron chi connectivity index (χ3n) is 4.59. The lowest BCUT2D eigenvalue weighted by molar-refractivity contribution is 0.0945. The van der Waals surface area contributed by atoms with Gasteiger partial charge in [-0.15, -0.1) is 0 Å².